The molecule has 0 unspecified atom stereocenters. The van der Waals surface area contributed by atoms with Gasteiger partial charge in [-0.15, -0.1) is 0 Å². The van der Waals surface area contributed by atoms with Crippen LogP contribution in [0.25, 0.3) is 0 Å². The van der Waals surface area contributed by atoms with E-state index in [2.05, 4.69) is 5.32 Å². The highest BCUT2D eigenvalue weighted by atomic mass is 16.5. The molecule has 1 aliphatic rings. The summed E-state index contributed by atoms with van der Waals surface area (Å²) >= 11 is 0. The predicted molar refractivity (Wildman–Crippen MR) is 81.3 cm³/mol. The lowest BCUT2D eigenvalue weighted by Gasteiger charge is -2.21. The lowest BCUT2D eigenvalue weighted by Crippen LogP contribution is -2.41. The van der Waals surface area contributed by atoms with Gasteiger partial charge in [-0.25, -0.2) is 0 Å². The fraction of sp³-hybridized carbons (Fsp3) is 0.562. The Hall–Kier alpha value is -1.59. The smallest absolute Gasteiger partial charge is 0.239 e. The van der Waals surface area contributed by atoms with Crippen molar-refractivity contribution >= 4 is 5.91 Å². The van der Waals surface area contributed by atoms with Crippen LogP contribution < -0.4 is 10.1 Å². The zero-order valence-corrected chi connectivity index (χ0v) is 13.0. The molecule has 1 aliphatic heterocycles. The Morgan fingerprint density at radius 2 is 2.10 bits per heavy atom. The van der Waals surface area contributed by atoms with Crippen LogP contribution in [0.2, 0.25) is 0 Å². The molecule has 0 aromatic heterocycles. The van der Waals surface area contributed by atoms with Crippen molar-refractivity contribution in [3.8, 4) is 5.75 Å². The summed E-state index contributed by atoms with van der Waals surface area (Å²) in [4.78, 5) is 14.1. The van der Waals surface area contributed by atoms with Gasteiger partial charge < -0.3 is 19.7 Å². The first-order chi connectivity index (χ1) is 10.1. The van der Waals surface area contributed by atoms with Gasteiger partial charge in [-0.05, 0) is 31.0 Å². The maximum atomic E-state index is 12.4. The number of rotatable bonds is 6. The van der Waals surface area contributed by atoms with E-state index in [1.807, 2.05) is 38.2 Å². The Morgan fingerprint density at radius 1 is 1.38 bits per heavy atom. The molecule has 1 N–H and O–H groups in total. The molecule has 0 aliphatic carbocycles. The maximum Gasteiger partial charge on any atom is 0.239 e. The molecule has 0 saturated carbocycles. The second kappa shape index (κ2) is 7.43. The number of nitrogens with one attached hydrogen (secondary N) is 1. The van der Waals surface area contributed by atoms with E-state index in [-0.39, 0.29) is 18.1 Å². The molecule has 0 bridgehead atoms. The van der Waals surface area contributed by atoms with Crippen molar-refractivity contribution in [1.29, 1.82) is 0 Å². The molecule has 1 heterocycles. The fourth-order valence-corrected chi connectivity index (χ4v) is 2.55. The van der Waals surface area contributed by atoms with Gasteiger partial charge in [-0.2, -0.15) is 0 Å². The summed E-state index contributed by atoms with van der Waals surface area (Å²) in [6.07, 6.45) is 0.876. The van der Waals surface area contributed by atoms with Crippen molar-refractivity contribution in [2.24, 2.45) is 0 Å². The Kier molecular flexibility index (Phi) is 5.59. The van der Waals surface area contributed by atoms with E-state index in [0.717, 1.165) is 24.3 Å². The third-order valence-electron chi connectivity index (χ3n) is 3.75. The Morgan fingerprint density at radius 3 is 2.67 bits per heavy atom. The van der Waals surface area contributed by atoms with Crippen molar-refractivity contribution in [3.05, 3.63) is 29.8 Å². The standard InChI is InChI=1S/C16H24N2O3/c1-4-21-13-7-5-12(6-8-13)11-18(2)16(19)15-9-14(20-3)10-17-15/h5-8,14-15,17H,4,9-11H2,1-3H3/t14-,15-/m1/s1. The van der Waals surface area contributed by atoms with Crippen LogP contribution in [0.1, 0.15) is 18.9 Å². The molecule has 5 heteroatoms. The van der Waals surface area contributed by atoms with Gasteiger partial charge in [-0.3, -0.25) is 4.79 Å². The minimum absolute atomic E-state index is 0.114. The summed E-state index contributed by atoms with van der Waals surface area (Å²) in [6.45, 7) is 3.96. The predicted octanol–water partition coefficient (Wildman–Crippen LogP) is 1.42. The Bertz CT molecular complexity index is 461. The first-order valence-electron chi connectivity index (χ1n) is 7.37. The third kappa shape index (κ3) is 4.19. The highest BCUT2D eigenvalue weighted by Crippen LogP contribution is 2.15. The lowest BCUT2D eigenvalue weighted by atomic mass is 10.1. The normalized spacial score (nSPS) is 21.3. The average Bonchev–Trinajstić information content (AvgIpc) is 2.97. The number of likely N-dealkylation sites (N-methyl/N-ethyl adjacent to an activating group) is 1. The summed E-state index contributed by atoms with van der Waals surface area (Å²) in [7, 11) is 3.52. The van der Waals surface area contributed by atoms with Crippen molar-refractivity contribution in [3.63, 3.8) is 0 Å². The quantitative estimate of drug-likeness (QED) is 0.861. The van der Waals surface area contributed by atoms with Crippen LogP contribution in [0.15, 0.2) is 24.3 Å². The van der Waals surface area contributed by atoms with Gasteiger partial charge in [0, 0.05) is 27.2 Å². The first-order valence-corrected chi connectivity index (χ1v) is 7.37. The number of methoxy groups -OCH3 is 1. The topological polar surface area (TPSA) is 50.8 Å². The largest absolute Gasteiger partial charge is 0.494 e. The van der Waals surface area contributed by atoms with Crippen LogP contribution in [0.4, 0.5) is 0 Å². The molecular formula is C16H24N2O3. The molecule has 2 rings (SSSR count). The summed E-state index contributed by atoms with van der Waals surface area (Å²) in [6, 6.07) is 7.73. The number of benzene rings is 1. The van der Waals surface area contributed by atoms with Gasteiger partial charge >= 0.3 is 0 Å². The van der Waals surface area contributed by atoms with Crippen LogP contribution in [-0.4, -0.2) is 50.3 Å². The first kappa shape index (κ1) is 15.8. The fourth-order valence-electron chi connectivity index (χ4n) is 2.55. The highest BCUT2D eigenvalue weighted by Gasteiger charge is 2.31. The molecule has 0 spiro atoms. The van der Waals surface area contributed by atoms with Gasteiger partial charge in [0.2, 0.25) is 5.91 Å². The van der Waals surface area contributed by atoms with Crippen LogP contribution >= 0.6 is 0 Å². The third-order valence-corrected chi connectivity index (χ3v) is 3.75. The number of amides is 1. The van der Waals surface area contributed by atoms with Crippen LogP contribution in [0.5, 0.6) is 5.75 Å². The molecule has 1 aromatic rings. The van der Waals surface area contributed by atoms with Crippen LogP contribution in [0.3, 0.4) is 0 Å². The summed E-state index contributed by atoms with van der Waals surface area (Å²) in [5, 5.41) is 3.21. The highest BCUT2D eigenvalue weighted by molar-refractivity contribution is 5.82. The SMILES string of the molecule is CCOc1ccc(CN(C)C(=O)[C@H]2C[C@@H](OC)CN2)cc1. The molecule has 1 saturated heterocycles. The second-order valence-electron chi connectivity index (χ2n) is 5.33. The van der Waals surface area contributed by atoms with Gasteiger partial charge in [0.1, 0.15) is 5.75 Å². The minimum Gasteiger partial charge on any atom is -0.494 e. The summed E-state index contributed by atoms with van der Waals surface area (Å²) in [5.74, 6) is 0.971. The molecule has 1 fully saturated rings. The monoisotopic (exact) mass is 292 g/mol. The second-order valence-corrected chi connectivity index (χ2v) is 5.33. The summed E-state index contributed by atoms with van der Waals surface area (Å²) < 4.78 is 10.7. The average molecular weight is 292 g/mol. The van der Waals surface area contributed by atoms with E-state index < -0.39 is 0 Å². The van der Waals surface area contributed by atoms with E-state index in [1.165, 1.54) is 0 Å². The Balaban J connectivity index is 1.88. The number of ether oxygens (including phenoxy) is 2. The van der Waals surface area contributed by atoms with E-state index in [4.69, 9.17) is 9.47 Å². The maximum absolute atomic E-state index is 12.4. The number of nitrogens with zero attached hydrogens (tertiary/aromatic N) is 1. The van der Waals surface area contributed by atoms with Crippen molar-refractivity contribution < 1.29 is 14.3 Å². The van der Waals surface area contributed by atoms with E-state index in [9.17, 15) is 4.79 Å². The van der Waals surface area contributed by atoms with Crippen molar-refractivity contribution in [2.45, 2.75) is 32.0 Å². The molecule has 1 aromatic carbocycles. The van der Waals surface area contributed by atoms with Crippen LogP contribution in [-0.2, 0) is 16.1 Å². The van der Waals surface area contributed by atoms with E-state index >= 15 is 0 Å². The van der Waals surface area contributed by atoms with E-state index in [1.54, 1.807) is 12.0 Å². The van der Waals surface area contributed by atoms with Gasteiger partial charge in [0.05, 0.1) is 18.8 Å². The molecule has 1 amide bonds. The van der Waals surface area contributed by atoms with Gasteiger partial charge in [0.25, 0.3) is 0 Å². The molecular weight excluding hydrogens is 268 g/mol. The number of hydrogen-bond acceptors (Lipinski definition) is 4. The van der Waals surface area contributed by atoms with Gasteiger partial charge in [0.15, 0.2) is 0 Å². The van der Waals surface area contributed by atoms with Crippen molar-refractivity contribution in [2.75, 3.05) is 27.3 Å². The zero-order chi connectivity index (χ0) is 15.2. The Labute approximate surface area is 126 Å². The van der Waals surface area contributed by atoms with E-state index in [0.29, 0.717) is 13.2 Å². The molecule has 116 valence electrons. The van der Waals surface area contributed by atoms with Gasteiger partial charge in [-0.1, -0.05) is 12.1 Å². The summed E-state index contributed by atoms with van der Waals surface area (Å²) in [5.41, 5.74) is 1.09. The number of hydrogen-bond donors (Lipinski definition) is 1. The lowest BCUT2D eigenvalue weighted by molar-refractivity contribution is -0.132. The number of carbonyl (C=O) groups is 1. The van der Waals surface area contributed by atoms with Crippen LogP contribution in [0, 0.1) is 0 Å². The zero-order valence-electron chi connectivity index (χ0n) is 13.0. The molecule has 0 radical (unpaired) electrons. The molecule has 5 nitrogen and oxygen atoms in total. The molecule has 21 heavy (non-hydrogen) atoms. The van der Waals surface area contributed by atoms with Crippen molar-refractivity contribution in [1.82, 2.24) is 10.2 Å². The number of carbonyl (C=O) groups excluding carboxylic acids is 1. The molecule has 2 atom stereocenters. The minimum atomic E-state index is -0.136.